The van der Waals surface area contributed by atoms with Crippen molar-refractivity contribution in [3.63, 3.8) is 0 Å². The van der Waals surface area contributed by atoms with Gasteiger partial charge in [-0.25, -0.2) is 19.3 Å². The van der Waals surface area contributed by atoms with Crippen LogP contribution in [0.3, 0.4) is 0 Å². The van der Waals surface area contributed by atoms with Crippen LogP contribution in [0.4, 0.5) is 10.2 Å². The summed E-state index contributed by atoms with van der Waals surface area (Å²) in [4.78, 5) is 27.5. The summed E-state index contributed by atoms with van der Waals surface area (Å²) in [6, 6.07) is 2.92. The zero-order valence-corrected chi connectivity index (χ0v) is 15.6. The van der Waals surface area contributed by atoms with Crippen LogP contribution >= 0.6 is 0 Å². The standard InChI is InChI=1S/C19H24FN5O/c1-19(2,3)24-16(26)11-25(4)18-13-6-5-7-14(13)22-17(23-18)15-9-8-12(20)10-21-15/h8-10H,5-7,11H2,1-4H3,(H,24,26). The summed E-state index contributed by atoms with van der Waals surface area (Å²) in [5, 5.41) is 2.96. The molecular formula is C19H24FN5O. The Morgan fingerprint density at radius 1 is 1.27 bits per heavy atom. The van der Waals surface area contributed by atoms with Crippen LogP contribution in [0.25, 0.3) is 11.5 Å². The maximum Gasteiger partial charge on any atom is 0.239 e. The zero-order valence-electron chi connectivity index (χ0n) is 15.6. The minimum Gasteiger partial charge on any atom is -0.350 e. The predicted octanol–water partition coefficient (Wildman–Crippen LogP) is 2.52. The van der Waals surface area contributed by atoms with E-state index in [1.165, 1.54) is 6.07 Å². The smallest absolute Gasteiger partial charge is 0.239 e. The summed E-state index contributed by atoms with van der Waals surface area (Å²) in [6.07, 6.45) is 3.94. The number of fused-ring (bicyclic) bond motifs is 1. The van der Waals surface area contributed by atoms with Crippen LogP contribution in [-0.4, -0.2) is 40.0 Å². The number of pyridine rings is 1. The van der Waals surface area contributed by atoms with Gasteiger partial charge in [0.1, 0.15) is 17.3 Å². The molecule has 1 amide bonds. The second-order valence-electron chi connectivity index (χ2n) is 7.67. The number of rotatable bonds is 4. The average molecular weight is 357 g/mol. The number of carbonyl (C=O) groups is 1. The lowest BCUT2D eigenvalue weighted by molar-refractivity contribution is -0.121. The molecule has 2 aromatic rings. The second kappa shape index (κ2) is 6.97. The Hall–Kier alpha value is -2.57. The van der Waals surface area contributed by atoms with Gasteiger partial charge in [0.2, 0.25) is 5.91 Å². The van der Waals surface area contributed by atoms with Gasteiger partial charge in [0.15, 0.2) is 5.82 Å². The van der Waals surface area contributed by atoms with Crippen LogP contribution in [0.15, 0.2) is 18.3 Å². The van der Waals surface area contributed by atoms with Crippen molar-refractivity contribution in [3.05, 3.63) is 35.4 Å². The molecule has 6 nitrogen and oxygen atoms in total. The molecule has 1 aliphatic carbocycles. The lowest BCUT2D eigenvalue weighted by atomic mass is 10.1. The van der Waals surface area contributed by atoms with E-state index in [1.54, 1.807) is 6.07 Å². The molecule has 1 N–H and O–H groups in total. The number of amides is 1. The minimum atomic E-state index is -0.397. The van der Waals surface area contributed by atoms with Gasteiger partial charge in [0.05, 0.1) is 12.7 Å². The van der Waals surface area contributed by atoms with Crippen molar-refractivity contribution in [1.82, 2.24) is 20.3 Å². The molecule has 0 spiro atoms. The lowest BCUT2D eigenvalue weighted by Gasteiger charge is -2.25. The Morgan fingerprint density at radius 3 is 2.69 bits per heavy atom. The van der Waals surface area contributed by atoms with Crippen LogP contribution in [0, 0.1) is 5.82 Å². The van der Waals surface area contributed by atoms with E-state index in [4.69, 9.17) is 0 Å². The fourth-order valence-electron chi connectivity index (χ4n) is 3.10. The number of hydrogen-bond donors (Lipinski definition) is 1. The number of anilines is 1. The first-order valence-electron chi connectivity index (χ1n) is 8.77. The number of nitrogens with zero attached hydrogens (tertiary/aromatic N) is 4. The van der Waals surface area contributed by atoms with Crippen LogP contribution < -0.4 is 10.2 Å². The quantitative estimate of drug-likeness (QED) is 0.910. The number of nitrogens with one attached hydrogen (secondary N) is 1. The number of aryl methyl sites for hydroxylation is 1. The van der Waals surface area contributed by atoms with Crippen molar-refractivity contribution < 1.29 is 9.18 Å². The maximum absolute atomic E-state index is 13.2. The Labute approximate surface area is 152 Å². The predicted molar refractivity (Wildman–Crippen MR) is 98.4 cm³/mol. The Kier molecular flexibility index (Phi) is 4.89. The molecule has 0 fully saturated rings. The topological polar surface area (TPSA) is 71.0 Å². The molecular weight excluding hydrogens is 333 g/mol. The Morgan fingerprint density at radius 2 is 2.04 bits per heavy atom. The van der Waals surface area contributed by atoms with Crippen LogP contribution in [0.5, 0.6) is 0 Å². The zero-order chi connectivity index (χ0) is 18.9. The van der Waals surface area contributed by atoms with E-state index < -0.39 is 5.82 Å². The fourth-order valence-corrected chi connectivity index (χ4v) is 3.10. The van der Waals surface area contributed by atoms with Gasteiger partial charge in [-0.15, -0.1) is 0 Å². The molecule has 0 radical (unpaired) electrons. The summed E-state index contributed by atoms with van der Waals surface area (Å²) in [5.74, 6) is 0.749. The number of hydrogen-bond acceptors (Lipinski definition) is 5. The van der Waals surface area contributed by atoms with Crippen LogP contribution in [-0.2, 0) is 17.6 Å². The van der Waals surface area contributed by atoms with Gasteiger partial charge >= 0.3 is 0 Å². The van der Waals surface area contributed by atoms with E-state index >= 15 is 0 Å². The lowest BCUT2D eigenvalue weighted by Crippen LogP contribution is -2.45. The largest absolute Gasteiger partial charge is 0.350 e. The number of likely N-dealkylation sites (N-methyl/N-ethyl adjacent to an activating group) is 1. The molecule has 26 heavy (non-hydrogen) atoms. The molecule has 0 unspecified atom stereocenters. The molecule has 7 heteroatoms. The first-order valence-corrected chi connectivity index (χ1v) is 8.77. The van der Waals surface area contributed by atoms with Gasteiger partial charge < -0.3 is 10.2 Å². The molecule has 0 atom stereocenters. The van der Waals surface area contributed by atoms with E-state index in [9.17, 15) is 9.18 Å². The van der Waals surface area contributed by atoms with Crippen molar-refractivity contribution in [1.29, 1.82) is 0 Å². The van der Waals surface area contributed by atoms with E-state index in [-0.39, 0.29) is 18.0 Å². The monoisotopic (exact) mass is 357 g/mol. The van der Waals surface area contributed by atoms with Crippen LogP contribution in [0.1, 0.15) is 38.4 Å². The molecule has 3 rings (SSSR count). The first-order chi connectivity index (χ1) is 12.2. The molecule has 138 valence electrons. The average Bonchev–Trinajstić information content (AvgIpc) is 3.01. The SMILES string of the molecule is CN(CC(=O)NC(C)(C)C)c1nc(-c2ccc(F)cn2)nc2c1CCC2. The molecule has 0 aliphatic heterocycles. The van der Waals surface area contributed by atoms with Gasteiger partial charge in [-0.05, 0) is 52.2 Å². The van der Waals surface area contributed by atoms with E-state index in [1.807, 2.05) is 32.7 Å². The van der Waals surface area contributed by atoms with Gasteiger partial charge in [-0.3, -0.25) is 4.79 Å². The van der Waals surface area contributed by atoms with Gasteiger partial charge in [-0.2, -0.15) is 0 Å². The molecule has 1 aliphatic rings. The highest BCUT2D eigenvalue weighted by atomic mass is 19.1. The third-order valence-corrected chi connectivity index (χ3v) is 4.12. The van der Waals surface area contributed by atoms with Crippen molar-refractivity contribution in [2.75, 3.05) is 18.5 Å². The second-order valence-corrected chi connectivity index (χ2v) is 7.67. The van der Waals surface area contributed by atoms with E-state index in [2.05, 4.69) is 20.3 Å². The van der Waals surface area contributed by atoms with Crippen molar-refractivity contribution in [2.24, 2.45) is 0 Å². The fraction of sp³-hybridized carbons (Fsp3) is 0.474. The molecule has 2 aromatic heterocycles. The van der Waals surface area contributed by atoms with E-state index in [0.29, 0.717) is 11.5 Å². The minimum absolute atomic E-state index is 0.0631. The highest BCUT2D eigenvalue weighted by molar-refractivity contribution is 5.82. The summed E-state index contributed by atoms with van der Waals surface area (Å²) < 4.78 is 13.2. The third kappa shape index (κ3) is 4.15. The Balaban J connectivity index is 1.91. The molecule has 2 heterocycles. The maximum atomic E-state index is 13.2. The third-order valence-electron chi connectivity index (χ3n) is 4.12. The van der Waals surface area contributed by atoms with Crippen molar-refractivity contribution in [3.8, 4) is 11.5 Å². The van der Waals surface area contributed by atoms with Crippen molar-refractivity contribution >= 4 is 11.7 Å². The number of carbonyl (C=O) groups excluding carboxylic acids is 1. The molecule has 0 saturated heterocycles. The Bertz CT molecular complexity index is 814. The highest BCUT2D eigenvalue weighted by Gasteiger charge is 2.24. The number of halogens is 1. The normalized spacial score (nSPS) is 13.4. The highest BCUT2D eigenvalue weighted by Crippen LogP contribution is 2.30. The van der Waals surface area contributed by atoms with Crippen molar-refractivity contribution in [2.45, 2.75) is 45.6 Å². The van der Waals surface area contributed by atoms with E-state index in [0.717, 1.165) is 42.5 Å². The summed E-state index contributed by atoms with van der Waals surface area (Å²) in [6.45, 7) is 6.06. The summed E-state index contributed by atoms with van der Waals surface area (Å²) in [5.41, 5.74) is 2.31. The van der Waals surface area contributed by atoms with Gasteiger partial charge in [0.25, 0.3) is 0 Å². The molecule has 0 bridgehead atoms. The summed E-state index contributed by atoms with van der Waals surface area (Å²) in [7, 11) is 1.85. The van der Waals surface area contributed by atoms with Gasteiger partial charge in [-0.1, -0.05) is 0 Å². The molecule has 0 saturated carbocycles. The van der Waals surface area contributed by atoms with Crippen LogP contribution in [0.2, 0.25) is 0 Å². The van der Waals surface area contributed by atoms with Gasteiger partial charge in [0, 0.05) is 23.8 Å². The first kappa shape index (κ1) is 18.2. The number of aromatic nitrogens is 3. The summed E-state index contributed by atoms with van der Waals surface area (Å²) >= 11 is 0. The molecule has 0 aromatic carbocycles.